The van der Waals surface area contributed by atoms with Crippen LogP contribution in [0, 0.1) is 6.92 Å². The first-order valence-corrected chi connectivity index (χ1v) is 10.8. The van der Waals surface area contributed by atoms with Gasteiger partial charge in [-0.05, 0) is 36.2 Å². The summed E-state index contributed by atoms with van der Waals surface area (Å²) in [6.07, 6.45) is 1.95. The molecule has 1 fully saturated rings. The van der Waals surface area contributed by atoms with Gasteiger partial charge >= 0.3 is 0 Å². The number of nitrogens with zero attached hydrogens (tertiary/aromatic N) is 3. The van der Waals surface area contributed by atoms with E-state index in [2.05, 4.69) is 31.2 Å². The zero-order valence-electron chi connectivity index (χ0n) is 18.0. The number of rotatable bonds is 5. The molecule has 0 spiro atoms. The molecule has 0 aliphatic carbocycles. The number of H-pyrrole nitrogens is 1. The quantitative estimate of drug-likeness (QED) is 0.504. The van der Waals surface area contributed by atoms with Crippen LogP contribution in [-0.2, 0) is 16.0 Å². The lowest BCUT2D eigenvalue weighted by molar-refractivity contribution is -0.115. The topological polar surface area (TPSA) is 83.1 Å². The summed E-state index contributed by atoms with van der Waals surface area (Å²) >= 11 is 0. The van der Waals surface area contributed by atoms with Crippen LogP contribution in [0.3, 0.4) is 0 Å². The molecule has 0 bridgehead atoms. The summed E-state index contributed by atoms with van der Waals surface area (Å²) in [5.74, 6) is 0.901. The fourth-order valence-electron chi connectivity index (χ4n) is 3.94. The molecule has 2 aromatic heterocycles. The minimum atomic E-state index is -0.0300. The van der Waals surface area contributed by atoms with Crippen molar-refractivity contribution in [1.29, 1.82) is 0 Å². The Kier molecular flexibility index (Phi) is 5.56. The summed E-state index contributed by atoms with van der Waals surface area (Å²) in [6, 6.07) is 17.9. The second-order valence-electron chi connectivity index (χ2n) is 8.03. The van der Waals surface area contributed by atoms with Gasteiger partial charge in [-0.3, -0.25) is 4.79 Å². The first-order chi connectivity index (χ1) is 15.7. The molecule has 3 heterocycles. The molecule has 0 saturated carbocycles. The molecule has 1 amide bonds. The summed E-state index contributed by atoms with van der Waals surface area (Å²) in [6.45, 7) is 5.10. The number of aryl methyl sites for hydroxylation is 1. The van der Waals surface area contributed by atoms with Crippen LogP contribution in [0.5, 0.6) is 0 Å². The van der Waals surface area contributed by atoms with Gasteiger partial charge in [0.05, 0.1) is 25.0 Å². The van der Waals surface area contributed by atoms with E-state index < -0.39 is 0 Å². The van der Waals surface area contributed by atoms with Crippen LogP contribution >= 0.6 is 0 Å². The van der Waals surface area contributed by atoms with Gasteiger partial charge in [0.1, 0.15) is 17.8 Å². The van der Waals surface area contributed by atoms with Crippen LogP contribution < -0.4 is 10.2 Å². The van der Waals surface area contributed by atoms with E-state index in [0.717, 1.165) is 52.4 Å². The fourth-order valence-corrected chi connectivity index (χ4v) is 3.94. The number of carbonyl (C=O) groups is 1. The lowest BCUT2D eigenvalue weighted by Gasteiger charge is -2.27. The highest BCUT2D eigenvalue weighted by molar-refractivity contribution is 5.94. The predicted molar refractivity (Wildman–Crippen MR) is 126 cm³/mol. The number of benzene rings is 2. The van der Waals surface area contributed by atoms with Gasteiger partial charge < -0.3 is 19.9 Å². The highest BCUT2D eigenvalue weighted by Gasteiger charge is 2.17. The van der Waals surface area contributed by atoms with Gasteiger partial charge in [0.2, 0.25) is 5.91 Å². The number of amides is 1. The number of hydrogen-bond acceptors (Lipinski definition) is 5. The number of anilines is 2. The number of fused-ring (bicyclic) bond motifs is 1. The van der Waals surface area contributed by atoms with Gasteiger partial charge in [-0.25, -0.2) is 9.97 Å². The third-order valence-electron chi connectivity index (χ3n) is 5.68. The standard InChI is InChI=1S/C25H25N5O2/c1-17-2-4-18(5-3-17)14-23(31)28-20-8-6-19(7-9-20)22-15-21-24(29-22)26-16-27-25(21)30-10-12-32-13-11-30/h2-9,15-16H,10-14H2,1H3,(H,28,31)(H,26,27,29). The van der Waals surface area contributed by atoms with Crippen LogP contribution in [0.25, 0.3) is 22.3 Å². The summed E-state index contributed by atoms with van der Waals surface area (Å²) in [4.78, 5) is 26.9. The number of aromatic nitrogens is 3. The Labute approximate surface area is 186 Å². The Morgan fingerprint density at radius 2 is 1.81 bits per heavy atom. The third kappa shape index (κ3) is 4.33. The Morgan fingerprint density at radius 3 is 2.56 bits per heavy atom. The molecule has 2 N–H and O–H groups in total. The summed E-state index contributed by atoms with van der Waals surface area (Å²) in [5.41, 5.74) is 5.76. The predicted octanol–water partition coefficient (Wildman–Crippen LogP) is 3.95. The van der Waals surface area contributed by atoms with Crippen molar-refractivity contribution in [3.8, 4) is 11.3 Å². The Morgan fingerprint density at radius 1 is 1.06 bits per heavy atom. The molecule has 2 aromatic carbocycles. The number of morpholine rings is 1. The van der Waals surface area contributed by atoms with Crippen molar-refractivity contribution in [3.63, 3.8) is 0 Å². The highest BCUT2D eigenvalue weighted by Crippen LogP contribution is 2.29. The Bertz CT molecular complexity index is 1230. The number of hydrogen-bond donors (Lipinski definition) is 2. The first-order valence-electron chi connectivity index (χ1n) is 10.8. The van der Waals surface area contributed by atoms with E-state index in [9.17, 15) is 4.79 Å². The minimum Gasteiger partial charge on any atom is -0.378 e. The molecule has 1 saturated heterocycles. The van der Waals surface area contributed by atoms with E-state index in [1.54, 1.807) is 6.33 Å². The lowest BCUT2D eigenvalue weighted by atomic mass is 10.1. The molecule has 0 unspecified atom stereocenters. The summed E-state index contributed by atoms with van der Waals surface area (Å²) in [5, 5.41) is 3.97. The maximum absolute atomic E-state index is 12.4. The Hall–Kier alpha value is -3.71. The van der Waals surface area contributed by atoms with Gasteiger partial charge in [-0.15, -0.1) is 0 Å². The molecule has 0 radical (unpaired) electrons. The largest absolute Gasteiger partial charge is 0.378 e. The molecule has 1 aliphatic rings. The van der Waals surface area contributed by atoms with Crippen LogP contribution in [0.15, 0.2) is 60.9 Å². The molecular weight excluding hydrogens is 402 g/mol. The van der Waals surface area contributed by atoms with Crippen molar-refractivity contribution in [3.05, 3.63) is 72.1 Å². The monoisotopic (exact) mass is 427 g/mol. The van der Waals surface area contributed by atoms with Gasteiger partial charge in [0, 0.05) is 24.5 Å². The zero-order chi connectivity index (χ0) is 21.9. The Balaban J connectivity index is 1.31. The molecule has 162 valence electrons. The average molecular weight is 428 g/mol. The number of aromatic amines is 1. The van der Waals surface area contributed by atoms with Gasteiger partial charge in [-0.1, -0.05) is 42.0 Å². The van der Waals surface area contributed by atoms with Crippen LogP contribution in [0.1, 0.15) is 11.1 Å². The lowest BCUT2D eigenvalue weighted by Crippen LogP contribution is -2.36. The molecule has 32 heavy (non-hydrogen) atoms. The van der Waals surface area contributed by atoms with E-state index >= 15 is 0 Å². The summed E-state index contributed by atoms with van der Waals surface area (Å²) < 4.78 is 5.46. The molecule has 7 nitrogen and oxygen atoms in total. The van der Waals surface area contributed by atoms with Crippen molar-refractivity contribution in [2.24, 2.45) is 0 Å². The van der Waals surface area contributed by atoms with Crippen molar-refractivity contribution in [1.82, 2.24) is 15.0 Å². The maximum Gasteiger partial charge on any atom is 0.228 e. The molecule has 1 aliphatic heterocycles. The zero-order valence-corrected chi connectivity index (χ0v) is 18.0. The minimum absolute atomic E-state index is 0.0300. The van der Waals surface area contributed by atoms with Crippen molar-refractivity contribution < 1.29 is 9.53 Å². The van der Waals surface area contributed by atoms with Gasteiger partial charge in [-0.2, -0.15) is 0 Å². The second-order valence-corrected chi connectivity index (χ2v) is 8.03. The third-order valence-corrected chi connectivity index (χ3v) is 5.68. The van der Waals surface area contributed by atoms with Crippen molar-refractivity contribution in [2.45, 2.75) is 13.3 Å². The van der Waals surface area contributed by atoms with E-state index in [-0.39, 0.29) is 5.91 Å². The van der Waals surface area contributed by atoms with Gasteiger partial charge in [0.15, 0.2) is 0 Å². The van der Waals surface area contributed by atoms with Crippen molar-refractivity contribution >= 4 is 28.4 Å². The van der Waals surface area contributed by atoms with Crippen LogP contribution in [0.2, 0.25) is 0 Å². The molecular formula is C25H25N5O2. The van der Waals surface area contributed by atoms with E-state index in [0.29, 0.717) is 19.6 Å². The SMILES string of the molecule is Cc1ccc(CC(=O)Nc2ccc(-c3cc4c(N5CCOCC5)ncnc4[nH]3)cc2)cc1. The molecule has 7 heteroatoms. The maximum atomic E-state index is 12.4. The molecule has 4 aromatic rings. The van der Waals surface area contributed by atoms with Crippen LogP contribution in [-0.4, -0.2) is 47.2 Å². The average Bonchev–Trinajstić information content (AvgIpc) is 3.26. The van der Waals surface area contributed by atoms with E-state index in [1.165, 1.54) is 5.56 Å². The molecule has 5 rings (SSSR count). The second kappa shape index (κ2) is 8.80. The van der Waals surface area contributed by atoms with E-state index in [1.807, 2.05) is 55.5 Å². The van der Waals surface area contributed by atoms with Crippen LogP contribution in [0.4, 0.5) is 11.5 Å². The first kappa shape index (κ1) is 20.2. The summed E-state index contributed by atoms with van der Waals surface area (Å²) in [7, 11) is 0. The van der Waals surface area contributed by atoms with Gasteiger partial charge in [0.25, 0.3) is 0 Å². The van der Waals surface area contributed by atoms with E-state index in [4.69, 9.17) is 4.74 Å². The smallest absolute Gasteiger partial charge is 0.228 e. The highest BCUT2D eigenvalue weighted by atomic mass is 16.5. The normalized spacial score (nSPS) is 14.0. The molecule has 0 atom stereocenters. The fraction of sp³-hybridized carbons (Fsp3) is 0.240. The number of carbonyl (C=O) groups excluding carboxylic acids is 1. The van der Waals surface area contributed by atoms with Crippen molar-refractivity contribution in [2.75, 3.05) is 36.5 Å². The number of nitrogens with one attached hydrogen (secondary N) is 2. The number of ether oxygens (including phenoxy) is 1.